The molecule has 0 N–H and O–H groups in total. The van der Waals surface area contributed by atoms with Crippen LogP contribution in [-0.2, 0) is 0 Å². The molecule has 31 heavy (non-hydrogen) atoms. The third-order valence-electron chi connectivity index (χ3n) is 6.93. The van der Waals surface area contributed by atoms with Crippen molar-refractivity contribution in [3.05, 3.63) is 103 Å². The summed E-state index contributed by atoms with van der Waals surface area (Å²) in [6.45, 7) is 0.215. The van der Waals surface area contributed by atoms with Gasteiger partial charge in [-0.1, -0.05) is 101 Å². The molecule has 0 atom stereocenters. The van der Waals surface area contributed by atoms with Crippen LogP contribution in [0, 0.1) is 11.3 Å². The van der Waals surface area contributed by atoms with E-state index in [9.17, 15) is 5.26 Å². The maximum absolute atomic E-state index is 9.68. The maximum atomic E-state index is 9.68. The second-order valence-corrected chi connectivity index (χ2v) is 8.42. The van der Waals surface area contributed by atoms with Crippen LogP contribution in [0.25, 0.3) is 43.4 Å². The van der Waals surface area contributed by atoms with Crippen LogP contribution < -0.4 is 16.4 Å². The number of hydrogen-bond acceptors (Lipinski definition) is 1. The van der Waals surface area contributed by atoms with Gasteiger partial charge in [0.15, 0.2) is 0 Å². The van der Waals surface area contributed by atoms with E-state index in [4.69, 9.17) is 0 Å². The zero-order valence-corrected chi connectivity index (χ0v) is 16.8. The van der Waals surface area contributed by atoms with Gasteiger partial charge in [-0.25, -0.2) is 0 Å². The lowest BCUT2D eigenvalue weighted by atomic mass is 9.38. The van der Waals surface area contributed by atoms with Gasteiger partial charge in [-0.15, -0.1) is 0 Å². The molecule has 0 bridgehead atoms. The van der Waals surface area contributed by atoms with Crippen molar-refractivity contribution in [2.45, 2.75) is 0 Å². The van der Waals surface area contributed by atoms with Gasteiger partial charge in [-0.2, -0.15) is 5.26 Å². The van der Waals surface area contributed by atoms with Crippen LogP contribution in [0.4, 0.5) is 0 Å². The Morgan fingerprint density at radius 3 is 2.19 bits per heavy atom. The Morgan fingerprint density at radius 2 is 1.32 bits per heavy atom. The Hall–Kier alpha value is -4.09. The molecule has 0 amide bonds. The number of nitriles is 1. The van der Waals surface area contributed by atoms with Gasteiger partial charge in [0.25, 0.3) is 0 Å². The predicted octanol–water partition coefficient (Wildman–Crippen LogP) is 4.95. The highest BCUT2D eigenvalue weighted by molar-refractivity contribution is 7.00. The average Bonchev–Trinajstić information content (AvgIpc) is 3.17. The zero-order valence-electron chi connectivity index (χ0n) is 16.8. The first kappa shape index (κ1) is 16.7. The molecule has 0 saturated carbocycles. The van der Waals surface area contributed by atoms with Crippen molar-refractivity contribution in [2.24, 2.45) is 0 Å². The van der Waals surface area contributed by atoms with Crippen molar-refractivity contribution < 1.29 is 0 Å². The van der Waals surface area contributed by atoms with Gasteiger partial charge in [0.05, 0.1) is 11.6 Å². The first-order valence-electron chi connectivity index (χ1n) is 10.6. The van der Waals surface area contributed by atoms with Gasteiger partial charge in [0.1, 0.15) is 0 Å². The molecule has 7 rings (SSSR count). The number of nitrogens with zero attached hydrogens (tertiary/aromatic N) is 1. The second kappa shape index (κ2) is 5.97. The Labute approximate surface area is 180 Å². The van der Waals surface area contributed by atoms with Crippen molar-refractivity contribution >= 4 is 55.4 Å². The maximum Gasteiger partial charge on any atom is 0.243 e. The van der Waals surface area contributed by atoms with Gasteiger partial charge in [0, 0.05) is 5.39 Å². The normalized spacial score (nSPS) is 12.4. The van der Waals surface area contributed by atoms with Crippen molar-refractivity contribution in [3.8, 4) is 17.2 Å². The van der Waals surface area contributed by atoms with E-state index in [2.05, 4.69) is 97.1 Å². The highest BCUT2D eigenvalue weighted by Crippen LogP contribution is 2.39. The second-order valence-electron chi connectivity index (χ2n) is 8.42. The van der Waals surface area contributed by atoms with Crippen molar-refractivity contribution in [2.75, 3.05) is 0 Å². The number of benzene rings is 6. The molecule has 140 valence electrons. The molecule has 2 heteroatoms. The molecule has 1 heterocycles. The van der Waals surface area contributed by atoms with Crippen molar-refractivity contribution in [1.82, 2.24) is 0 Å². The molecule has 1 nitrogen and oxygen atoms in total. The fourth-order valence-electron chi connectivity index (χ4n) is 5.67. The van der Waals surface area contributed by atoms with Gasteiger partial charge >= 0.3 is 0 Å². The molecule has 6 aromatic rings. The smallest absolute Gasteiger partial charge is 0.192 e. The van der Waals surface area contributed by atoms with Gasteiger partial charge in [-0.05, 0) is 50.2 Å². The summed E-state index contributed by atoms with van der Waals surface area (Å²) >= 11 is 0. The lowest BCUT2D eigenvalue weighted by molar-refractivity contribution is 1.51. The molecule has 0 aliphatic carbocycles. The molecule has 1 aliphatic rings. The summed E-state index contributed by atoms with van der Waals surface area (Å²) in [4.78, 5) is 0. The van der Waals surface area contributed by atoms with Crippen molar-refractivity contribution in [1.29, 1.82) is 5.26 Å². The van der Waals surface area contributed by atoms with E-state index < -0.39 is 0 Å². The largest absolute Gasteiger partial charge is 0.243 e. The van der Waals surface area contributed by atoms with Gasteiger partial charge in [0.2, 0.25) is 6.71 Å². The Balaban J connectivity index is 1.69. The monoisotopic (exact) mass is 389 g/mol. The molecule has 0 aromatic heterocycles. The summed E-state index contributed by atoms with van der Waals surface area (Å²) in [5.41, 5.74) is 7.48. The number of rotatable bonds is 1. The van der Waals surface area contributed by atoms with E-state index in [1.807, 2.05) is 6.07 Å². The lowest BCUT2D eigenvalue weighted by Gasteiger charge is -2.17. The fraction of sp³-hybridized carbons (Fsp3) is 0. The molecule has 0 spiro atoms. The van der Waals surface area contributed by atoms with E-state index in [-0.39, 0.29) is 6.71 Å². The van der Waals surface area contributed by atoms with Crippen LogP contribution in [0.15, 0.2) is 97.1 Å². The Morgan fingerprint density at radius 1 is 0.613 bits per heavy atom. The highest BCUT2D eigenvalue weighted by atomic mass is 14.3. The van der Waals surface area contributed by atoms with Crippen LogP contribution in [0.2, 0.25) is 0 Å². The standard InChI is InChI=1S/C29H16BN/c31-17-20-11-10-18-12-15-24-28-19(13-14-22(20)27(18)28)16-25-23-8-4-5-9-26(23)30(29(24)25)21-6-2-1-3-7-21/h1-16H. The SMILES string of the molecule is N#Cc1ccc2ccc3c4c(cc5ccc1c2c53)-c1ccccc1B4c1ccccc1. The van der Waals surface area contributed by atoms with E-state index in [1.165, 1.54) is 54.4 Å². The minimum Gasteiger partial charge on any atom is -0.192 e. The zero-order chi connectivity index (χ0) is 20.5. The molecular formula is C29H16BN. The molecule has 0 fully saturated rings. The predicted molar refractivity (Wildman–Crippen MR) is 131 cm³/mol. The molecule has 0 saturated heterocycles. The summed E-state index contributed by atoms with van der Waals surface area (Å²) in [5.74, 6) is 0. The fourth-order valence-corrected chi connectivity index (χ4v) is 5.67. The molecule has 0 radical (unpaired) electrons. The summed E-state index contributed by atoms with van der Waals surface area (Å²) in [5, 5.41) is 16.9. The average molecular weight is 389 g/mol. The van der Waals surface area contributed by atoms with Crippen LogP contribution in [0.5, 0.6) is 0 Å². The molecule has 0 unspecified atom stereocenters. The number of hydrogen-bond donors (Lipinski definition) is 0. The first-order chi connectivity index (χ1) is 15.3. The van der Waals surface area contributed by atoms with E-state index in [0.717, 1.165) is 10.9 Å². The van der Waals surface area contributed by atoms with Crippen LogP contribution in [-0.4, -0.2) is 6.71 Å². The van der Waals surface area contributed by atoms with E-state index >= 15 is 0 Å². The lowest BCUT2D eigenvalue weighted by Crippen LogP contribution is -2.49. The Kier molecular flexibility index (Phi) is 3.21. The third-order valence-corrected chi connectivity index (χ3v) is 6.93. The van der Waals surface area contributed by atoms with E-state index in [0.29, 0.717) is 0 Å². The molecule has 1 aliphatic heterocycles. The van der Waals surface area contributed by atoms with E-state index in [1.54, 1.807) is 0 Å². The minimum atomic E-state index is 0.215. The topological polar surface area (TPSA) is 23.8 Å². The Bertz CT molecular complexity index is 1690. The summed E-state index contributed by atoms with van der Waals surface area (Å²) < 4.78 is 0. The quantitative estimate of drug-likeness (QED) is 0.288. The molecular weight excluding hydrogens is 373 g/mol. The van der Waals surface area contributed by atoms with Crippen LogP contribution in [0.1, 0.15) is 5.56 Å². The van der Waals surface area contributed by atoms with Crippen LogP contribution in [0.3, 0.4) is 0 Å². The van der Waals surface area contributed by atoms with Crippen molar-refractivity contribution in [3.63, 3.8) is 0 Å². The number of fused-ring (bicyclic) bond motifs is 4. The first-order valence-corrected chi connectivity index (χ1v) is 10.6. The molecule has 6 aromatic carbocycles. The van der Waals surface area contributed by atoms with Crippen LogP contribution >= 0.6 is 0 Å². The summed E-state index contributed by atoms with van der Waals surface area (Å²) in [6.07, 6.45) is 0. The minimum absolute atomic E-state index is 0.215. The summed E-state index contributed by atoms with van der Waals surface area (Å²) in [7, 11) is 0. The summed E-state index contributed by atoms with van der Waals surface area (Å²) in [6, 6.07) is 37.2. The highest BCUT2D eigenvalue weighted by Gasteiger charge is 2.35. The van der Waals surface area contributed by atoms with Gasteiger partial charge < -0.3 is 0 Å². The van der Waals surface area contributed by atoms with Gasteiger partial charge in [-0.3, -0.25) is 0 Å². The third kappa shape index (κ3) is 2.10.